The Bertz CT molecular complexity index is 348. The van der Waals surface area contributed by atoms with Gasteiger partial charge in [-0.2, -0.15) is 0 Å². The van der Waals surface area contributed by atoms with Crippen LogP contribution in [0.2, 0.25) is 0 Å². The van der Waals surface area contributed by atoms with Gasteiger partial charge in [-0.15, -0.1) is 0 Å². The highest BCUT2D eigenvalue weighted by Crippen LogP contribution is 2.32. The number of nitrogens with zero attached hydrogens (tertiary/aromatic N) is 2. The maximum atomic E-state index is 6.23. The summed E-state index contributed by atoms with van der Waals surface area (Å²) in [6.45, 7) is 6.69. The number of imidazole rings is 1. The van der Waals surface area contributed by atoms with Crippen molar-refractivity contribution in [2.45, 2.75) is 64.0 Å². The minimum absolute atomic E-state index is 0.146. The Morgan fingerprint density at radius 2 is 2.00 bits per heavy atom. The SMILES string of the molecule is CC(C)(C)c1cncn1[C@@H]1CCCC[C@H]1N. The fraction of sp³-hybridized carbons (Fsp3) is 0.769. The van der Waals surface area contributed by atoms with Crippen LogP contribution in [-0.4, -0.2) is 15.6 Å². The summed E-state index contributed by atoms with van der Waals surface area (Å²) in [5, 5.41) is 0. The molecule has 1 aliphatic carbocycles. The molecule has 16 heavy (non-hydrogen) atoms. The van der Waals surface area contributed by atoms with Gasteiger partial charge in [-0.25, -0.2) is 4.98 Å². The van der Waals surface area contributed by atoms with E-state index in [0.717, 1.165) is 6.42 Å². The largest absolute Gasteiger partial charge is 0.329 e. The third-order valence-electron chi connectivity index (χ3n) is 3.57. The smallest absolute Gasteiger partial charge is 0.0951 e. The van der Waals surface area contributed by atoms with E-state index in [1.54, 1.807) is 0 Å². The molecule has 2 rings (SSSR count). The van der Waals surface area contributed by atoms with Crippen molar-refractivity contribution in [3.05, 3.63) is 18.2 Å². The van der Waals surface area contributed by atoms with Crippen molar-refractivity contribution in [3.8, 4) is 0 Å². The second kappa shape index (κ2) is 4.21. The minimum Gasteiger partial charge on any atom is -0.329 e. The maximum Gasteiger partial charge on any atom is 0.0951 e. The highest BCUT2D eigenvalue weighted by molar-refractivity contribution is 5.12. The number of aromatic nitrogens is 2. The van der Waals surface area contributed by atoms with Crippen LogP contribution in [0.5, 0.6) is 0 Å². The number of hydrogen-bond donors (Lipinski definition) is 1. The van der Waals surface area contributed by atoms with Crippen molar-refractivity contribution in [3.63, 3.8) is 0 Å². The first-order valence-corrected chi connectivity index (χ1v) is 6.28. The molecule has 0 amide bonds. The maximum absolute atomic E-state index is 6.23. The molecular weight excluding hydrogens is 198 g/mol. The van der Waals surface area contributed by atoms with E-state index < -0.39 is 0 Å². The van der Waals surface area contributed by atoms with Gasteiger partial charge < -0.3 is 10.3 Å². The molecule has 0 radical (unpaired) electrons. The van der Waals surface area contributed by atoms with E-state index in [4.69, 9.17) is 5.73 Å². The molecule has 1 aliphatic rings. The zero-order chi connectivity index (χ0) is 11.8. The van der Waals surface area contributed by atoms with E-state index in [9.17, 15) is 0 Å². The first-order valence-electron chi connectivity index (χ1n) is 6.28. The van der Waals surface area contributed by atoms with E-state index >= 15 is 0 Å². The Hall–Kier alpha value is -0.830. The monoisotopic (exact) mass is 221 g/mol. The van der Waals surface area contributed by atoms with Crippen LogP contribution in [0.25, 0.3) is 0 Å². The lowest BCUT2D eigenvalue weighted by Gasteiger charge is -2.33. The summed E-state index contributed by atoms with van der Waals surface area (Å²) in [6.07, 6.45) is 8.85. The third kappa shape index (κ3) is 2.14. The number of rotatable bonds is 1. The summed E-state index contributed by atoms with van der Waals surface area (Å²) in [4.78, 5) is 4.31. The van der Waals surface area contributed by atoms with Crippen molar-refractivity contribution in [2.24, 2.45) is 5.73 Å². The molecule has 2 N–H and O–H groups in total. The Labute approximate surface area is 98.1 Å². The first-order chi connectivity index (χ1) is 7.50. The predicted octanol–water partition coefficient (Wildman–Crippen LogP) is 2.62. The van der Waals surface area contributed by atoms with E-state index in [1.807, 2.05) is 12.5 Å². The molecule has 0 aliphatic heterocycles. The third-order valence-corrected chi connectivity index (χ3v) is 3.57. The molecule has 90 valence electrons. The Kier molecular flexibility index (Phi) is 3.06. The van der Waals surface area contributed by atoms with Crippen molar-refractivity contribution in [1.82, 2.24) is 9.55 Å². The lowest BCUT2D eigenvalue weighted by Crippen LogP contribution is -2.36. The Morgan fingerprint density at radius 3 is 2.62 bits per heavy atom. The van der Waals surface area contributed by atoms with Crippen LogP contribution in [0.3, 0.4) is 0 Å². The van der Waals surface area contributed by atoms with Crippen LogP contribution in [-0.2, 0) is 5.41 Å². The van der Waals surface area contributed by atoms with Gasteiger partial charge in [0.15, 0.2) is 0 Å². The number of hydrogen-bond acceptors (Lipinski definition) is 2. The molecule has 0 aromatic carbocycles. The molecule has 0 saturated heterocycles. The van der Waals surface area contributed by atoms with E-state index in [1.165, 1.54) is 25.0 Å². The zero-order valence-electron chi connectivity index (χ0n) is 10.6. The molecule has 1 fully saturated rings. The van der Waals surface area contributed by atoms with Gasteiger partial charge in [0.05, 0.1) is 6.33 Å². The predicted molar refractivity (Wildman–Crippen MR) is 66.4 cm³/mol. The van der Waals surface area contributed by atoms with Crippen molar-refractivity contribution < 1.29 is 0 Å². The summed E-state index contributed by atoms with van der Waals surface area (Å²) in [5.74, 6) is 0. The Morgan fingerprint density at radius 1 is 1.31 bits per heavy atom. The fourth-order valence-electron chi connectivity index (χ4n) is 2.64. The average Bonchev–Trinajstić information content (AvgIpc) is 2.66. The molecule has 1 saturated carbocycles. The van der Waals surface area contributed by atoms with Gasteiger partial charge in [-0.1, -0.05) is 33.6 Å². The van der Waals surface area contributed by atoms with E-state index in [2.05, 4.69) is 30.3 Å². The van der Waals surface area contributed by atoms with Crippen LogP contribution in [0.15, 0.2) is 12.5 Å². The number of nitrogens with two attached hydrogens (primary N) is 1. The van der Waals surface area contributed by atoms with Crippen molar-refractivity contribution in [2.75, 3.05) is 0 Å². The van der Waals surface area contributed by atoms with Gasteiger partial charge in [0.2, 0.25) is 0 Å². The topological polar surface area (TPSA) is 43.8 Å². The van der Waals surface area contributed by atoms with Crippen LogP contribution in [0.1, 0.15) is 58.2 Å². The summed E-state index contributed by atoms with van der Waals surface area (Å²) in [7, 11) is 0. The molecule has 3 heteroatoms. The lowest BCUT2D eigenvalue weighted by atomic mass is 9.88. The molecule has 0 spiro atoms. The van der Waals surface area contributed by atoms with Crippen molar-refractivity contribution >= 4 is 0 Å². The summed E-state index contributed by atoms with van der Waals surface area (Å²) in [5.41, 5.74) is 7.68. The van der Waals surface area contributed by atoms with Gasteiger partial charge in [-0.05, 0) is 12.8 Å². The van der Waals surface area contributed by atoms with Gasteiger partial charge in [0.25, 0.3) is 0 Å². The van der Waals surface area contributed by atoms with Crippen LogP contribution in [0.4, 0.5) is 0 Å². The summed E-state index contributed by atoms with van der Waals surface area (Å²) < 4.78 is 2.31. The second-order valence-electron chi connectivity index (χ2n) is 5.95. The molecule has 0 bridgehead atoms. The zero-order valence-corrected chi connectivity index (χ0v) is 10.6. The molecule has 3 nitrogen and oxygen atoms in total. The quantitative estimate of drug-likeness (QED) is 0.792. The van der Waals surface area contributed by atoms with Crippen LogP contribution >= 0.6 is 0 Å². The standard InChI is InChI=1S/C13H23N3/c1-13(2,3)12-8-15-9-16(12)11-7-5-4-6-10(11)14/h8-11H,4-7,14H2,1-3H3/t10-,11-/m1/s1. The van der Waals surface area contributed by atoms with Gasteiger partial charge in [0.1, 0.15) is 0 Å². The minimum atomic E-state index is 0.146. The van der Waals surface area contributed by atoms with Crippen LogP contribution in [0, 0.1) is 0 Å². The highest BCUT2D eigenvalue weighted by atomic mass is 15.1. The molecular formula is C13H23N3. The molecule has 1 heterocycles. The Balaban J connectivity index is 2.29. The van der Waals surface area contributed by atoms with Gasteiger partial charge in [0, 0.05) is 29.4 Å². The molecule has 2 atom stereocenters. The van der Waals surface area contributed by atoms with Gasteiger partial charge >= 0.3 is 0 Å². The van der Waals surface area contributed by atoms with E-state index in [0.29, 0.717) is 12.1 Å². The van der Waals surface area contributed by atoms with Gasteiger partial charge in [-0.3, -0.25) is 0 Å². The van der Waals surface area contributed by atoms with E-state index in [-0.39, 0.29) is 5.41 Å². The summed E-state index contributed by atoms with van der Waals surface area (Å²) >= 11 is 0. The summed E-state index contributed by atoms with van der Waals surface area (Å²) in [6, 6.07) is 0.745. The molecule has 1 aromatic rings. The normalized spacial score (nSPS) is 27.0. The van der Waals surface area contributed by atoms with Crippen molar-refractivity contribution in [1.29, 1.82) is 0 Å². The highest BCUT2D eigenvalue weighted by Gasteiger charge is 2.28. The fourth-order valence-corrected chi connectivity index (χ4v) is 2.64. The second-order valence-corrected chi connectivity index (χ2v) is 5.95. The molecule has 0 unspecified atom stereocenters. The van der Waals surface area contributed by atoms with Crippen LogP contribution < -0.4 is 5.73 Å². The lowest BCUT2D eigenvalue weighted by molar-refractivity contribution is 0.292. The molecule has 1 aromatic heterocycles. The first kappa shape index (κ1) is 11.6. The average molecular weight is 221 g/mol.